The maximum atomic E-state index is 12.7. The second-order valence-electron chi connectivity index (χ2n) is 3.82. The minimum Gasteiger partial charge on any atom is -0.299 e. The highest BCUT2D eigenvalue weighted by molar-refractivity contribution is 6.07. The molecule has 84 valence electrons. The highest BCUT2D eigenvalue weighted by Crippen LogP contribution is 2.65. The Bertz CT molecular complexity index is 345. The SMILES string of the molecule is O=C1CC2C(C1C(=O)C(F)(F)F)C2(F)F. The lowest BCUT2D eigenvalue weighted by molar-refractivity contribution is -0.178. The third-order valence-electron chi connectivity index (χ3n) is 2.95. The quantitative estimate of drug-likeness (QED) is 0.504. The molecule has 0 aromatic heterocycles. The lowest BCUT2D eigenvalue weighted by Crippen LogP contribution is -2.36. The number of rotatable bonds is 1. The van der Waals surface area contributed by atoms with Gasteiger partial charge < -0.3 is 0 Å². The highest BCUT2D eigenvalue weighted by Gasteiger charge is 2.78. The van der Waals surface area contributed by atoms with Crippen LogP contribution < -0.4 is 0 Å². The van der Waals surface area contributed by atoms with Crippen molar-refractivity contribution in [1.82, 2.24) is 0 Å². The van der Waals surface area contributed by atoms with E-state index in [0.717, 1.165) is 0 Å². The first kappa shape index (κ1) is 10.5. The first-order valence-electron chi connectivity index (χ1n) is 4.19. The Morgan fingerprint density at radius 2 is 1.87 bits per heavy atom. The summed E-state index contributed by atoms with van der Waals surface area (Å²) in [6.45, 7) is 0. The van der Waals surface area contributed by atoms with Crippen molar-refractivity contribution in [3.05, 3.63) is 0 Å². The van der Waals surface area contributed by atoms with E-state index >= 15 is 0 Å². The highest BCUT2D eigenvalue weighted by atomic mass is 19.4. The second kappa shape index (κ2) is 2.56. The normalized spacial score (nSPS) is 37.7. The molecule has 2 nitrogen and oxygen atoms in total. The zero-order valence-electron chi connectivity index (χ0n) is 7.15. The average molecular weight is 228 g/mol. The van der Waals surface area contributed by atoms with Crippen LogP contribution in [0.2, 0.25) is 0 Å². The Hall–Kier alpha value is -1.01. The number of carbonyl (C=O) groups excluding carboxylic acids is 2. The minimum absolute atomic E-state index is 0.621. The van der Waals surface area contributed by atoms with Crippen molar-refractivity contribution in [2.45, 2.75) is 18.5 Å². The molecule has 0 radical (unpaired) electrons. The number of halogens is 5. The third-order valence-corrected chi connectivity index (χ3v) is 2.95. The predicted molar refractivity (Wildman–Crippen MR) is 36.1 cm³/mol. The molecule has 2 fully saturated rings. The molecule has 0 aromatic carbocycles. The molecule has 0 amide bonds. The summed E-state index contributed by atoms with van der Waals surface area (Å²) >= 11 is 0. The molecular formula is C8H5F5O2. The van der Waals surface area contributed by atoms with Gasteiger partial charge in [-0.2, -0.15) is 13.2 Å². The van der Waals surface area contributed by atoms with E-state index in [0.29, 0.717) is 0 Å². The van der Waals surface area contributed by atoms with Crippen molar-refractivity contribution in [3.63, 3.8) is 0 Å². The van der Waals surface area contributed by atoms with Crippen LogP contribution in [0.25, 0.3) is 0 Å². The van der Waals surface area contributed by atoms with Crippen molar-refractivity contribution >= 4 is 11.6 Å². The maximum absolute atomic E-state index is 12.7. The first-order chi connectivity index (χ1) is 6.67. The fourth-order valence-electron chi connectivity index (χ4n) is 2.16. The van der Waals surface area contributed by atoms with Crippen molar-refractivity contribution < 1.29 is 31.5 Å². The van der Waals surface area contributed by atoms with Crippen LogP contribution >= 0.6 is 0 Å². The maximum Gasteiger partial charge on any atom is 0.450 e. The topological polar surface area (TPSA) is 34.1 Å². The molecule has 0 bridgehead atoms. The molecule has 0 heterocycles. The van der Waals surface area contributed by atoms with Crippen LogP contribution in [0.5, 0.6) is 0 Å². The molecule has 0 N–H and O–H groups in total. The van der Waals surface area contributed by atoms with Crippen LogP contribution in [0.4, 0.5) is 22.0 Å². The fourth-order valence-corrected chi connectivity index (χ4v) is 2.16. The van der Waals surface area contributed by atoms with E-state index in [1.807, 2.05) is 0 Å². The summed E-state index contributed by atoms with van der Waals surface area (Å²) in [6.07, 6.45) is -5.84. The van der Waals surface area contributed by atoms with Gasteiger partial charge in [0.15, 0.2) is 0 Å². The Kier molecular flexibility index (Phi) is 1.80. The number of Topliss-reactive ketones (excluding diaryl/α,β-unsaturated/α-hetero) is 2. The molecule has 0 aromatic rings. The average Bonchev–Trinajstić information content (AvgIpc) is 2.44. The molecule has 3 atom stereocenters. The van der Waals surface area contributed by atoms with Crippen LogP contribution in [-0.2, 0) is 9.59 Å². The van der Waals surface area contributed by atoms with Gasteiger partial charge in [-0.15, -0.1) is 0 Å². The summed E-state index contributed by atoms with van der Waals surface area (Å²) in [5, 5.41) is 0. The van der Waals surface area contributed by atoms with Gasteiger partial charge in [0, 0.05) is 18.3 Å². The van der Waals surface area contributed by atoms with Crippen LogP contribution in [0.3, 0.4) is 0 Å². The predicted octanol–water partition coefficient (Wildman–Crippen LogP) is 1.59. The van der Waals surface area contributed by atoms with Gasteiger partial charge in [0.1, 0.15) is 5.78 Å². The molecule has 2 aliphatic carbocycles. The molecule has 0 aliphatic heterocycles. The van der Waals surface area contributed by atoms with Gasteiger partial charge in [-0.3, -0.25) is 9.59 Å². The van der Waals surface area contributed by atoms with E-state index < -0.39 is 47.8 Å². The zero-order chi connectivity index (χ0) is 11.6. The summed E-state index contributed by atoms with van der Waals surface area (Å²) < 4.78 is 61.4. The van der Waals surface area contributed by atoms with E-state index in [4.69, 9.17) is 0 Å². The zero-order valence-corrected chi connectivity index (χ0v) is 7.15. The molecule has 7 heteroatoms. The Morgan fingerprint density at radius 1 is 1.33 bits per heavy atom. The van der Waals surface area contributed by atoms with Crippen LogP contribution in [0, 0.1) is 17.8 Å². The van der Waals surface area contributed by atoms with Crippen LogP contribution in [0.15, 0.2) is 0 Å². The molecule has 3 unspecified atom stereocenters. The fraction of sp³-hybridized carbons (Fsp3) is 0.750. The number of carbonyl (C=O) groups is 2. The van der Waals surface area contributed by atoms with Crippen LogP contribution in [0.1, 0.15) is 6.42 Å². The van der Waals surface area contributed by atoms with Gasteiger partial charge >= 0.3 is 6.18 Å². The molecule has 0 spiro atoms. The van der Waals surface area contributed by atoms with Gasteiger partial charge in [0.2, 0.25) is 5.78 Å². The molecule has 0 saturated heterocycles. The van der Waals surface area contributed by atoms with Gasteiger partial charge in [-0.05, 0) is 0 Å². The number of ketones is 2. The molecule has 2 aliphatic rings. The minimum atomic E-state index is -5.21. The van der Waals surface area contributed by atoms with Crippen LogP contribution in [-0.4, -0.2) is 23.7 Å². The van der Waals surface area contributed by atoms with E-state index in [-0.39, 0.29) is 0 Å². The van der Waals surface area contributed by atoms with Gasteiger partial charge in [0.25, 0.3) is 5.92 Å². The summed E-state index contributed by atoms with van der Waals surface area (Å²) in [6, 6.07) is 0. The Labute approximate surface area is 80.4 Å². The summed E-state index contributed by atoms with van der Waals surface area (Å²) in [4.78, 5) is 21.7. The molecule has 2 saturated carbocycles. The first-order valence-corrected chi connectivity index (χ1v) is 4.19. The lowest BCUT2D eigenvalue weighted by atomic mass is 9.96. The smallest absolute Gasteiger partial charge is 0.299 e. The summed E-state index contributed by atoms with van der Waals surface area (Å²) in [5.41, 5.74) is 0. The third kappa shape index (κ3) is 1.28. The van der Waals surface area contributed by atoms with Gasteiger partial charge in [0.05, 0.1) is 5.92 Å². The largest absolute Gasteiger partial charge is 0.450 e. The second-order valence-corrected chi connectivity index (χ2v) is 3.82. The summed E-state index contributed by atoms with van der Waals surface area (Å²) in [5.74, 6) is -11.9. The van der Waals surface area contributed by atoms with Gasteiger partial charge in [-0.25, -0.2) is 8.78 Å². The van der Waals surface area contributed by atoms with E-state index in [2.05, 4.69) is 0 Å². The number of fused-ring (bicyclic) bond motifs is 1. The van der Waals surface area contributed by atoms with E-state index in [9.17, 15) is 31.5 Å². The van der Waals surface area contributed by atoms with Crippen molar-refractivity contribution in [2.24, 2.45) is 17.8 Å². The number of alkyl halides is 5. The van der Waals surface area contributed by atoms with Crippen molar-refractivity contribution in [3.8, 4) is 0 Å². The van der Waals surface area contributed by atoms with E-state index in [1.54, 1.807) is 0 Å². The summed E-state index contributed by atoms with van der Waals surface area (Å²) in [7, 11) is 0. The molecular weight excluding hydrogens is 223 g/mol. The number of hydrogen-bond donors (Lipinski definition) is 0. The van der Waals surface area contributed by atoms with Crippen molar-refractivity contribution in [1.29, 1.82) is 0 Å². The Balaban J connectivity index is 2.23. The molecule has 2 rings (SSSR count). The lowest BCUT2D eigenvalue weighted by Gasteiger charge is -2.13. The molecule has 15 heavy (non-hydrogen) atoms. The standard InChI is InChI=1S/C8H5F5O2/c9-7(10)2-1-3(14)4(5(2)7)6(15)8(11,12)13/h2,4-5H,1H2. The number of hydrogen-bond acceptors (Lipinski definition) is 2. The monoisotopic (exact) mass is 228 g/mol. The van der Waals surface area contributed by atoms with Crippen molar-refractivity contribution in [2.75, 3.05) is 0 Å². The van der Waals surface area contributed by atoms with Gasteiger partial charge in [-0.1, -0.05) is 0 Å². The Morgan fingerprint density at radius 3 is 2.27 bits per heavy atom. The van der Waals surface area contributed by atoms with E-state index in [1.165, 1.54) is 0 Å².